The lowest BCUT2D eigenvalue weighted by Crippen LogP contribution is -2.40. The Morgan fingerprint density at radius 1 is 1.24 bits per heavy atom. The van der Waals surface area contributed by atoms with E-state index in [1.807, 2.05) is 4.90 Å². The van der Waals surface area contributed by atoms with Crippen LogP contribution >= 0.6 is 0 Å². The molecule has 1 saturated heterocycles. The molecule has 2 fully saturated rings. The van der Waals surface area contributed by atoms with Crippen LogP contribution in [-0.4, -0.2) is 40.6 Å². The molecule has 1 amide bonds. The van der Waals surface area contributed by atoms with Crippen LogP contribution in [0.1, 0.15) is 25.7 Å². The van der Waals surface area contributed by atoms with Gasteiger partial charge < -0.3 is 9.64 Å². The standard InChI is InChI=1S/C19H23N3O3/c1-25-15-4-5-16-17(10-15)20-12-22(19(16)24)11-13-6-8-21(9-7-13)18(23)14-2-3-14/h4-5,10,12-14H,2-3,6-9,11H2,1H3. The first-order valence-electron chi connectivity index (χ1n) is 8.97. The molecule has 1 aliphatic carbocycles. The molecule has 1 aromatic carbocycles. The molecule has 132 valence electrons. The third-order valence-corrected chi connectivity index (χ3v) is 5.34. The number of ether oxygens (including phenoxy) is 1. The second-order valence-electron chi connectivity index (χ2n) is 7.13. The topological polar surface area (TPSA) is 64.4 Å². The number of amides is 1. The molecular formula is C19H23N3O3. The molecule has 0 radical (unpaired) electrons. The summed E-state index contributed by atoms with van der Waals surface area (Å²) in [6.07, 6.45) is 5.65. The van der Waals surface area contributed by atoms with E-state index in [1.54, 1.807) is 36.2 Å². The maximum absolute atomic E-state index is 12.7. The van der Waals surface area contributed by atoms with Gasteiger partial charge in [0.1, 0.15) is 5.75 Å². The van der Waals surface area contributed by atoms with Gasteiger partial charge in [0.05, 0.1) is 24.3 Å². The fourth-order valence-corrected chi connectivity index (χ4v) is 3.60. The molecule has 0 N–H and O–H groups in total. The number of rotatable bonds is 4. The quantitative estimate of drug-likeness (QED) is 0.854. The van der Waals surface area contributed by atoms with Crippen LogP contribution < -0.4 is 10.3 Å². The third kappa shape index (κ3) is 3.25. The van der Waals surface area contributed by atoms with Crippen molar-refractivity contribution in [2.24, 2.45) is 11.8 Å². The summed E-state index contributed by atoms with van der Waals surface area (Å²) < 4.78 is 6.89. The van der Waals surface area contributed by atoms with E-state index < -0.39 is 0 Å². The maximum atomic E-state index is 12.7. The van der Waals surface area contributed by atoms with Crippen molar-refractivity contribution < 1.29 is 9.53 Å². The third-order valence-electron chi connectivity index (χ3n) is 5.34. The number of benzene rings is 1. The van der Waals surface area contributed by atoms with E-state index in [0.29, 0.717) is 40.9 Å². The van der Waals surface area contributed by atoms with Crippen LogP contribution in [-0.2, 0) is 11.3 Å². The Labute approximate surface area is 146 Å². The number of aromatic nitrogens is 2. The molecular weight excluding hydrogens is 318 g/mol. The second-order valence-corrected chi connectivity index (χ2v) is 7.13. The Kier molecular flexibility index (Phi) is 4.19. The monoisotopic (exact) mass is 341 g/mol. The minimum absolute atomic E-state index is 0.0101. The highest BCUT2D eigenvalue weighted by molar-refractivity contribution is 5.81. The largest absolute Gasteiger partial charge is 0.497 e. The van der Waals surface area contributed by atoms with Gasteiger partial charge in [-0.3, -0.25) is 14.2 Å². The summed E-state index contributed by atoms with van der Waals surface area (Å²) >= 11 is 0. The number of carbonyl (C=O) groups excluding carboxylic acids is 1. The lowest BCUT2D eigenvalue weighted by atomic mass is 9.96. The van der Waals surface area contributed by atoms with Crippen LogP contribution in [0.3, 0.4) is 0 Å². The number of piperidine rings is 1. The number of nitrogens with zero attached hydrogens (tertiary/aromatic N) is 3. The summed E-state index contributed by atoms with van der Waals surface area (Å²) in [6.45, 7) is 2.29. The minimum Gasteiger partial charge on any atom is -0.497 e. The van der Waals surface area contributed by atoms with E-state index in [9.17, 15) is 9.59 Å². The van der Waals surface area contributed by atoms with Gasteiger partial charge in [0.15, 0.2) is 0 Å². The molecule has 2 aromatic rings. The van der Waals surface area contributed by atoms with Gasteiger partial charge in [-0.15, -0.1) is 0 Å². The van der Waals surface area contributed by atoms with Crippen molar-refractivity contribution in [3.05, 3.63) is 34.9 Å². The normalized spacial score (nSPS) is 18.5. The Morgan fingerprint density at radius 2 is 2.00 bits per heavy atom. The van der Waals surface area contributed by atoms with E-state index in [0.717, 1.165) is 38.8 Å². The highest BCUT2D eigenvalue weighted by Gasteiger charge is 2.34. The van der Waals surface area contributed by atoms with E-state index in [2.05, 4.69) is 4.98 Å². The first kappa shape index (κ1) is 16.1. The molecule has 0 atom stereocenters. The first-order valence-corrected chi connectivity index (χ1v) is 8.97. The average molecular weight is 341 g/mol. The Balaban J connectivity index is 1.45. The van der Waals surface area contributed by atoms with Crippen molar-refractivity contribution in [1.29, 1.82) is 0 Å². The van der Waals surface area contributed by atoms with Crippen LogP contribution in [0.25, 0.3) is 10.9 Å². The maximum Gasteiger partial charge on any atom is 0.261 e. The molecule has 2 aliphatic rings. The fourth-order valence-electron chi connectivity index (χ4n) is 3.60. The number of carbonyl (C=O) groups is 1. The summed E-state index contributed by atoms with van der Waals surface area (Å²) in [6, 6.07) is 5.34. The molecule has 25 heavy (non-hydrogen) atoms. The van der Waals surface area contributed by atoms with Crippen molar-refractivity contribution in [3.8, 4) is 5.75 Å². The van der Waals surface area contributed by atoms with E-state index in [4.69, 9.17) is 4.74 Å². The van der Waals surface area contributed by atoms with Gasteiger partial charge in [0, 0.05) is 31.6 Å². The van der Waals surface area contributed by atoms with Crippen LogP contribution in [0.2, 0.25) is 0 Å². The van der Waals surface area contributed by atoms with E-state index >= 15 is 0 Å². The molecule has 6 nitrogen and oxygen atoms in total. The van der Waals surface area contributed by atoms with Crippen LogP contribution in [0.5, 0.6) is 5.75 Å². The fraction of sp³-hybridized carbons (Fsp3) is 0.526. The van der Waals surface area contributed by atoms with Crippen molar-refractivity contribution in [2.45, 2.75) is 32.2 Å². The summed E-state index contributed by atoms with van der Waals surface area (Å²) in [5, 5.41) is 0.615. The molecule has 0 unspecified atom stereocenters. The van der Waals surface area contributed by atoms with Gasteiger partial charge in [-0.1, -0.05) is 0 Å². The zero-order chi connectivity index (χ0) is 17.4. The first-order chi connectivity index (χ1) is 12.2. The van der Waals surface area contributed by atoms with Gasteiger partial charge >= 0.3 is 0 Å². The molecule has 2 heterocycles. The van der Waals surface area contributed by atoms with Gasteiger partial charge in [0.25, 0.3) is 5.56 Å². The van der Waals surface area contributed by atoms with Gasteiger partial charge in [-0.25, -0.2) is 4.98 Å². The molecule has 1 aliphatic heterocycles. The van der Waals surface area contributed by atoms with Crippen LogP contribution in [0, 0.1) is 11.8 Å². The lowest BCUT2D eigenvalue weighted by molar-refractivity contribution is -0.134. The number of likely N-dealkylation sites (tertiary alicyclic amines) is 1. The van der Waals surface area contributed by atoms with Gasteiger partial charge in [-0.05, 0) is 43.7 Å². The summed E-state index contributed by atoms with van der Waals surface area (Å²) in [4.78, 5) is 31.2. The Hall–Kier alpha value is -2.37. The number of fused-ring (bicyclic) bond motifs is 1. The molecule has 1 aromatic heterocycles. The SMILES string of the molecule is COc1ccc2c(=O)n(CC3CCN(C(=O)C4CC4)CC3)cnc2c1. The van der Waals surface area contributed by atoms with Crippen LogP contribution in [0.15, 0.2) is 29.3 Å². The van der Waals surface area contributed by atoms with E-state index in [-0.39, 0.29) is 5.56 Å². The molecule has 4 rings (SSSR count). The van der Waals surface area contributed by atoms with Crippen molar-refractivity contribution in [1.82, 2.24) is 14.5 Å². The number of hydrogen-bond donors (Lipinski definition) is 0. The lowest BCUT2D eigenvalue weighted by Gasteiger charge is -2.32. The van der Waals surface area contributed by atoms with Crippen LogP contribution in [0.4, 0.5) is 0 Å². The van der Waals surface area contributed by atoms with Crippen molar-refractivity contribution in [3.63, 3.8) is 0 Å². The molecule has 0 spiro atoms. The van der Waals surface area contributed by atoms with Gasteiger partial charge in [-0.2, -0.15) is 0 Å². The zero-order valence-corrected chi connectivity index (χ0v) is 14.5. The second kappa shape index (κ2) is 6.50. The van der Waals surface area contributed by atoms with Crippen molar-refractivity contribution in [2.75, 3.05) is 20.2 Å². The average Bonchev–Trinajstić information content (AvgIpc) is 3.49. The number of methoxy groups -OCH3 is 1. The van der Waals surface area contributed by atoms with Gasteiger partial charge in [0.2, 0.25) is 5.91 Å². The predicted octanol–water partition coefficient (Wildman–Crippen LogP) is 2.05. The highest BCUT2D eigenvalue weighted by Crippen LogP contribution is 2.32. The zero-order valence-electron chi connectivity index (χ0n) is 14.5. The minimum atomic E-state index is -0.0101. The molecule has 1 saturated carbocycles. The molecule has 6 heteroatoms. The Bertz CT molecular complexity index is 849. The molecule has 0 bridgehead atoms. The summed E-state index contributed by atoms with van der Waals surface area (Å²) in [5.41, 5.74) is 0.648. The summed E-state index contributed by atoms with van der Waals surface area (Å²) in [5.74, 6) is 1.74. The smallest absolute Gasteiger partial charge is 0.261 e. The number of hydrogen-bond acceptors (Lipinski definition) is 4. The Morgan fingerprint density at radius 3 is 2.68 bits per heavy atom. The van der Waals surface area contributed by atoms with Crippen molar-refractivity contribution >= 4 is 16.8 Å². The highest BCUT2D eigenvalue weighted by atomic mass is 16.5. The van der Waals surface area contributed by atoms with E-state index in [1.165, 1.54) is 0 Å². The predicted molar refractivity (Wildman–Crippen MR) is 94.6 cm³/mol. The summed E-state index contributed by atoms with van der Waals surface area (Å²) in [7, 11) is 1.60.